The monoisotopic (exact) mass is 530 g/mol. The summed E-state index contributed by atoms with van der Waals surface area (Å²) in [7, 11) is 0. The number of nitrogens with zero attached hydrogens (tertiary/aromatic N) is 7. The number of alkyl halides is 3. The lowest BCUT2D eigenvalue weighted by Gasteiger charge is -2.40. The molecule has 2 N–H and O–H groups in total. The summed E-state index contributed by atoms with van der Waals surface area (Å²) in [5.74, 6) is -1.30. The Kier molecular flexibility index (Phi) is 7.45. The number of rotatable bonds is 9. The summed E-state index contributed by atoms with van der Waals surface area (Å²) in [6.45, 7) is 2.90. The SMILES string of the molecule is CCCCN1c2nc(Cl)[nH]c2C(=O)N(CCCn2nnc(Cc3ccc(C(F)(F)F)c(F)c3)n2)C1O. The van der Waals surface area contributed by atoms with Crippen LogP contribution in [0.5, 0.6) is 0 Å². The molecule has 3 aromatic rings. The molecule has 0 radical (unpaired) electrons. The number of aromatic amines is 1. The van der Waals surface area contributed by atoms with Crippen molar-refractivity contribution >= 4 is 23.3 Å². The molecule has 3 heterocycles. The first kappa shape index (κ1) is 25.8. The number of tetrazole rings is 1. The predicted octanol–water partition coefficient (Wildman–Crippen LogP) is 3.23. The summed E-state index contributed by atoms with van der Waals surface area (Å²) in [4.78, 5) is 23.9. The van der Waals surface area contributed by atoms with E-state index in [4.69, 9.17) is 11.6 Å². The Morgan fingerprint density at radius 3 is 2.61 bits per heavy atom. The number of aryl methyl sites for hydroxylation is 1. The topological polar surface area (TPSA) is 116 Å². The van der Waals surface area contributed by atoms with Crippen LogP contribution in [-0.4, -0.2) is 65.5 Å². The third kappa shape index (κ3) is 5.43. The average molecular weight is 531 g/mol. The molecule has 4 rings (SSSR count). The smallest absolute Gasteiger partial charge is 0.356 e. The zero-order chi connectivity index (χ0) is 26.0. The minimum absolute atomic E-state index is 0.00582. The number of imidazole rings is 1. The van der Waals surface area contributed by atoms with E-state index < -0.39 is 29.8 Å². The lowest BCUT2D eigenvalue weighted by Crippen LogP contribution is -2.56. The normalized spacial score (nSPS) is 16.1. The van der Waals surface area contributed by atoms with Gasteiger partial charge in [0.15, 0.2) is 11.6 Å². The Bertz CT molecular complexity index is 1230. The van der Waals surface area contributed by atoms with Crippen LogP contribution in [0.3, 0.4) is 0 Å². The first-order chi connectivity index (χ1) is 17.1. The zero-order valence-corrected chi connectivity index (χ0v) is 19.9. The summed E-state index contributed by atoms with van der Waals surface area (Å²) in [6.07, 6.45) is -3.97. The number of halogens is 5. The Labute approximate surface area is 207 Å². The molecular weight excluding hydrogens is 508 g/mol. The number of nitrogens with one attached hydrogen (secondary N) is 1. The number of benzene rings is 1. The number of aromatic nitrogens is 6. The van der Waals surface area contributed by atoms with Gasteiger partial charge in [-0.15, -0.1) is 10.2 Å². The van der Waals surface area contributed by atoms with Gasteiger partial charge in [-0.05, 0) is 47.4 Å². The minimum Gasteiger partial charge on any atom is -0.356 e. The molecule has 0 aliphatic carbocycles. The van der Waals surface area contributed by atoms with Gasteiger partial charge in [0, 0.05) is 19.5 Å². The summed E-state index contributed by atoms with van der Waals surface area (Å²) in [5.41, 5.74) is -0.871. The highest BCUT2D eigenvalue weighted by atomic mass is 35.5. The molecule has 10 nitrogen and oxygen atoms in total. The Morgan fingerprint density at radius 1 is 1.17 bits per heavy atom. The van der Waals surface area contributed by atoms with Gasteiger partial charge in [0.05, 0.1) is 12.1 Å². The molecule has 0 saturated carbocycles. The molecule has 194 valence electrons. The summed E-state index contributed by atoms with van der Waals surface area (Å²) in [6, 6.07) is 2.64. The summed E-state index contributed by atoms with van der Waals surface area (Å²) in [5, 5.41) is 22.8. The second-order valence-electron chi connectivity index (χ2n) is 8.26. The van der Waals surface area contributed by atoms with Gasteiger partial charge in [-0.25, -0.2) is 4.39 Å². The molecule has 1 aliphatic rings. The predicted molar refractivity (Wildman–Crippen MR) is 120 cm³/mol. The average Bonchev–Trinajstić information content (AvgIpc) is 3.41. The third-order valence-electron chi connectivity index (χ3n) is 5.67. The fourth-order valence-corrected chi connectivity index (χ4v) is 4.07. The molecule has 1 unspecified atom stereocenters. The Balaban J connectivity index is 1.37. The van der Waals surface area contributed by atoms with Gasteiger partial charge in [-0.2, -0.15) is 23.0 Å². The third-order valence-corrected chi connectivity index (χ3v) is 5.84. The number of H-pyrrole nitrogens is 1. The quantitative estimate of drug-likeness (QED) is 0.408. The van der Waals surface area contributed by atoms with Gasteiger partial charge in [-0.1, -0.05) is 19.4 Å². The van der Waals surface area contributed by atoms with E-state index in [1.807, 2.05) is 6.92 Å². The van der Waals surface area contributed by atoms with E-state index in [9.17, 15) is 27.5 Å². The Morgan fingerprint density at radius 2 is 1.92 bits per heavy atom. The Hall–Kier alpha value is -3.26. The molecule has 1 amide bonds. The van der Waals surface area contributed by atoms with Gasteiger partial charge >= 0.3 is 6.18 Å². The van der Waals surface area contributed by atoms with Crippen LogP contribution in [0, 0.1) is 5.82 Å². The van der Waals surface area contributed by atoms with E-state index in [1.54, 1.807) is 4.90 Å². The molecule has 1 aliphatic heterocycles. The molecule has 0 saturated heterocycles. The van der Waals surface area contributed by atoms with Crippen molar-refractivity contribution < 1.29 is 27.5 Å². The highest BCUT2D eigenvalue weighted by molar-refractivity contribution is 6.28. The molecule has 15 heteroatoms. The van der Waals surface area contributed by atoms with Gasteiger partial charge < -0.3 is 15.0 Å². The van der Waals surface area contributed by atoms with Crippen LogP contribution in [0.1, 0.15) is 53.6 Å². The molecule has 0 spiro atoms. The largest absolute Gasteiger partial charge is 0.419 e. The van der Waals surface area contributed by atoms with Crippen molar-refractivity contribution in [3.05, 3.63) is 51.9 Å². The van der Waals surface area contributed by atoms with Crippen LogP contribution in [0.2, 0.25) is 5.28 Å². The van der Waals surface area contributed by atoms with Crippen LogP contribution >= 0.6 is 11.6 Å². The maximum absolute atomic E-state index is 13.8. The summed E-state index contributed by atoms with van der Waals surface area (Å²) >= 11 is 5.95. The van der Waals surface area contributed by atoms with Gasteiger partial charge in [0.1, 0.15) is 11.5 Å². The van der Waals surface area contributed by atoms with Crippen molar-refractivity contribution in [3.63, 3.8) is 0 Å². The zero-order valence-electron chi connectivity index (χ0n) is 19.1. The van der Waals surface area contributed by atoms with Crippen molar-refractivity contribution in [3.8, 4) is 0 Å². The fraction of sp³-hybridized carbons (Fsp3) is 0.476. The number of fused-ring (bicyclic) bond motifs is 1. The highest BCUT2D eigenvalue weighted by Gasteiger charge is 2.39. The van der Waals surface area contributed by atoms with Crippen molar-refractivity contribution in [1.29, 1.82) is 0 Å². The summed E-state index contributed by atoms with van der Waals surface area (Å²) < 4.78 is 52.0. The van der Waals surface area contributed by atoms with Crippen molar-refractivity contribution in [2.45, 2.75) is 51.7 Å². The second-order valence-corrected chi connectivity index (χ2v) is 8.62. The number of unbranched alkanes of at least 4 members (excludes halogenated alkanes) is 1. The maximum Gasteiger partial charge on any atom is 0.419 e. The van der Waals surface area contributed by atoms with E-state index in [0.717, 1.165) is 25.0 Å². The molecular formula is C21H23ClF4N8O2. The number of amides is 1. The van der Waals surface area contributed by atoms with E-state index in [-0.39, 0.29) is 41.9 Å². The number of aliphatic hydroxyl groups excluding tert-OH is 1. The molecule has 1 atom stereocenters. The van der Waals surface area contributed by atoms with Crippen LogP contribution in [0.15, 0.2) is 18.2 Å². The highest BCUT2D eigenvalue weighted by Crippen LogP contribution is 2.32. The molecule has 36 heavy (non-hydrogen) atoms. The number of aliphatic hydroxyl groups is 1. The lowest BCUT2D eigenvalue weighted by molar-refractivity contribution is -0.140. The van der Waals surface area contributed by atoms with Gasteiger partial charge in [0.25, 0.3) is 5.91 Å². The van der Waals surface area contributed by atoms with Crippen LogP contribution < -0.4 is 4.90 Å². The van der Waals surface area contributed by atoms with Crippen molar-refractivity contribution in [2.75, 3.05) is 18.0 Å². The van der Waals surface area contributed by atoms with Crippen molar-refractivity contribution in [2.24, 2.45) is 0 Å². The minimum atomic E-state index is -4.77. The fourth-order valence-electron chi connectivity index (χ4n) is 3.89. The second kappa shape index (κ2) is 10.4. The van der Waals surface area contributed by atoms with Gasteiger partial charge in [0.2, 0.25) is 11.6 Å². The maximum atomic E-state index is 13.8. The first-order valence-electron chi connectivity index (χ1n) is 11.2. The number of hydrogen-bond acceptors (Lipinski definition) is 7. The molecule has 1 aromatic carbocycles. The number of anilines is 1. The van der Waals surface area contributed by atoms with E-state index in [1.165, 1.54) is 9.70 Å². The van der Waals surface area contributed by atoms with Gasteiger partial charge in [-0.3, -0.25) is 9.69 Å². The lowest BCUT2D eigenvalue weighted by atomic mass is 10.1. The van der Waals surface area contributed by atoms with Crippen LogP contribution in [0.4, 0.5) is 23.4 Å². The van der Waals surface area contributed by atoms with E-state index >= 15 is 0 Å². The number of hydrogen-bond donors (Lipinski definition) is 2. The number of carbonyl (C=O) groups is 1. The molecule has 0 bridgehead atoms. The first-order valence-corrected chi connectivity index (χ1v) is 11.6. The van der Waals surface area contributed by atoms with E-state index in [2.05, 4.69) is 25.4 Å². The van der Waals surface area contributed by atoms with Crippen LogP contribution in [0.25, 0.3) is 0 Å². The number of carbonyl (C=O) groups excluding carboxylic acids is 1. The van der Waals surface area contributed by atoms with E-state index in [0.29, 0.717) is 24.8 Å². The van der Waals surface area contributed by atoms with Crippen LogP contribution in [-0.2, 0) is 19.1 Å². The van der Waals surface area contributed by atoms with Crippen molar-refractivity contribution in [1.82, 2.24) is 35.1 Å². The standard InChI is InChI=1S/C21H23ClF4N8O2/c1-2-3-7-32-17-16(27-19(22)28-17)18(35)33(20(32)36)8-4-9-34-30-15(29-31-34)11-12-5-6-13(14(23)10-12)21(24,25)26/h5-6,10,20,36H,2-4,7-9,11H2,1H3,(H,27,28). The molecule has 2 aromatic heterocycles. The molecule has 0 fully saturated rings.